The SMILES string of the molecule is O=S(=O)(O)CCCCNCCS. The summed E-state index contributed by atoms with van der Waals surface area (Å²) in [6, 6.07) is 0. The summed E-state index contributed by atoms with van der Waals surface area (Å²) in [4.78, 5) is 0. The van der Waals surface area contributed by atoms with Crippen molar-refractivity contribution in [1.29, 1.82) is 0 Å². The van der Waals surface area contributed by atoms with Gasteiger partial charge in [-0.3, -0.25) is 4.55 Å². The van der Waals surface area contributed by atoms with E-state index in [1.165, 1.54) is 0 Å². The number of rotatable bonds is 7. The topological polar surface area (TPSA) is 66.4 Å². The largest absolute Gasteiger partial charge is 0.316 e. The third-order valence-corrected chi connectivity index (χ3v) is 2.32. The first-order valence-electron chi connectivity index (χ1n) is 3.83. The smallest absolute Gasteiger partial charge is 0.264 e. The molecule has 0 bridgehead atoms. The van der Waals surface area contributed by atoms with Crippen LogP contribution in [0.15, 0.2) is 0 Å². The van der Waals surface area contributed by atoms with Gasteiger partial charge in [-0.05, 0) is 19.4 Å². The van der Waals surface area contributed by atoms with Crippen molar-refractivity contribution in [3.63, 3.8) is 0 Å². The van der Waals surface area contributed by atoms with Gasteiger partial charge >= 0.3 is 0 Å². The number of hydrogen-bond acceptors (Lipinski definition) is 4. The lowest BCUT2D eigenvalue weighted by molar-refractivity contribution is 0.479. The minimum Gasteiger partial charge on any atom is -0.316 e. The molecule has 0 atom stereocenters. The molecule has 74 valence electrons. The molecule has 0 heterocycles. The molecule has 0 saturated carbocycles. The Labute approximate surface area is 78.9 Å². The summed E-state index contributed by atoms with van der Waals surface area (Å²) in [5.41, 5.74) is 0. The first-order chi connectivity index (χ1) is 5.56. The van der Waals surface area contributed by atoms with E-state index < -0.39 is 10.1 Å². The van der Waals surface area contributed by atoms with Crippen molar-refractivity contribution >= 4 is 22.7 Å². The van der Waals surface area contributed by atoms with Crippen LogP contribution in [0.2, 0.25) is 0 Å². The Morgan fingerprint density at radius 2 is 1.92 bits per heavy atom. The van der Waals surface area contributed by atoms with Crippen LogP contribution in [0.4, 0.5) is 0 Å². The van der Waals surface area contributed by atoms with Gasteiger partial charge in [-0.1, -0.05) is 0 Å². The van der Waals surface area contributed by atoms with Crippen molar-refractivity contribution in [2.24, 2.45) is 0 Å². The molecule has 0 fully saturated rings. The lowest BCUT2D eigenvalue weighted by atomic mass is 10.3. The fourth-order valence-electron chi connectivity index (χ4n) is 0.739. The molecule has 4 nitrogen and oxygen atoms in total. The van der Waals surface area contributed by atoms with Crippen molar-refractivity contribution in [1.82, 2.24) is 5.32 Å². The highest BCUT2D eigenvalue weighted by atomic mass is 32.2. The van der Waals surface area contributed by atoms with Crippen LogP contribution in [0.3, 0.4) is 0 Å². The number of hydrogen-bond donors (Lipinski definition) is 3. The normalized spacial score (nSPS) is 11.8. The van der Waals surface area contributed by atoms with Crippen LogP contribution in [0.1, 0.15) is 12.8 Å². The average Bonchev–Trinajstić information content (AvgIpc) is 1.94. The van der Waals surface area contributed by atoms with Crippen molar-refractivity contribution in [2.45, 2.75) is 12.8 Å². The van der Waals surface area contributed by atoms with E-state index in [-0.39, 0.29) is 5.75 Å². The van der Waals surface area contributed by atoms with Gasteiger partial charge in [-0.25, -0.2) is 0 Å². The maximum Gasteiger partial charge on any atom is 0.264 e. The third kappa shape index (κ3) is 10.2. The molecule has 0 saturated heterocycles. The summed E-state index contributed by atoms with van der Waals surface area (Å²) in [6.07, 6.45) is 1.26. The number of nitrogens with one attached hydrogen (secondary N) is 1. The Morgan fingerprint density at radius 3 is 2.42 bits per heavy atom. The molecule has 6 heteroatoms. The van der Waals surface area contributed by atoms with Crippen LogP contribution in [0, 0.1) is 0 Å². The monoisotopic (exact) mass is 213 g/mol. The van der Waals surface area contributed by atoms with Gasteiger partial charge in [0.1, 0.15) is 0 Å². The first-order valence-corrected chi connectivity index (χ1v) is 6.07. The standard InChI is InChI=1S/C6H15NO3S2/c8-12(9,10)6-2-1-3-7-4-5-11/h7,11H,1-6H2,(H,8,9,10). The maximum atomic E-state index is 10.2. The summed E-state index contributed by atoms with van der Waals surface area (Å²) in [6.45, 7) is 1.60. The molecular formula is C6H15NO3S2. The third-order valence-electron chi connectivity index (χ3n) is 1.29. The van der Waals surface area contributed by atoms with Crippen molar-refractivity contribution < 1.29 is 13.0 Å². The van der Waals surface area contributed by atoms with Crippen LogP contribution in [-0.4, -0.2) is 37.6 Å². The molecule has 0 aliphatic rings. The van der Waals surface area contributed by atoms with Gasteiger partial charge in [-0.2, -0.15) is 21.0 Å². The Hall–Kier alpha value is 0.220. The maximum absolute atomic E-state index is 10.2. The van der Waals surface area contributed by atoms with E-state index in [0.717, 1.165) is 25.3 Å². The molecule has 0 rings (SSSR count). The molecule has 0 aliphatic heterocycles. The van der Waals surface area contributed by atoms with E-state index in [1.54, 1.807) is 0 Å². The molecule has 0 amide bonds. The zero-order chi connectivity index (χ0) is 9.45. The van der Waals surface area contributed by atoms with Gasteiger partial charge in [0, 0.05) is 12.3 Å². The first kappa shape index (κ1) is 12.2. The van der Waals surface area contributed by atoms with E-state index in [0.29, 0.717) is 6.42 Å². The molecule has 0 unspecified atom stereocenters. The molecule has 0 aromatic carbocycles. The second-order valence-electron chi connectivity index (χ2n) is 2.47. The van der Waals surface area contributed by atoms with Crippen LogP contribution in [0.25, 0.3) is 0 Å². The average molecular weight is 213 g/mol. The lowest BCUT2D eigenvalue weighted by Crippen LogP contribution is -2.18. The molecule has 2 N–H and O–H groups in total. The summed E-state index contributed by atoms with van der Waals surface area (Å²) in [7, 11) is -3.76. The Balaban J connectivity index is 3.12. The quantitative estimate of drug-likeness (QED) is 0.320. The predicted octanol–water partition coefficient (Wildman–Crippen LogP) is 0.174. The predicted molar refractivity (Wildman–Crippen MR) is 52.4 cm³/mol. The highest BCUT2D eigenvalue weighted by Crippen LogP contribution is 1.92. The van der Waals surface area contributed by atoms with E-state index >= 15 is 0 Å². The molecule has 0 aliphatic carbocycles. The lowest BCUT2D eigenvalue weighted by Gasteiger charge is -2.00. The summed E-state index contributed by atoms with van der Waals surface area (Å²) in [5.74, 6) is 0.633. The summed E-state index contributed by atoms with van der Waals surface area (Å²) >= 11 is 3.99. The zero-order valence-corrected chi connectivity index (χ0v) is 8.57. The van der Waals surface area contributed by atoms with Gasteiger partial charge in [0.2, 0.25) is 0 Å². The molecule has 0 spiro atoms. The van der Waals surface area contributed by atoms with Crippen LogP contribution < -0.4 is 5.32 Å². The van der Waals surface area contributed by atoms with Crippen LogP contribution >= 0.6 is 12.6 Å². The van der Waals surface area contributed by atoms with Crippen molar-refractivity contribution in [3.8, 4) is 0 Å². The van der Waals surface area contributed by atoms with Gasteiger partial charge in [0.25, 0.3) is 10.1 Å². The van der Waals surface area contributed by atoms with Gasteiger partial charge in [-0.15, -0.1) is 0 Å². The molecule has 0 radical (unpaired) electrons. The van der Waals surface area contributed by atoms with Gasteiger partial charge < -0.3 is 5.32 Å². The van der Waals surface area contributed by atoms with Crippen molar-refractivity contribution in [2.75, 3.05) is 24.6 Å². The van der Waals surface area contributed by atoms with E-state index in [1.807, 2.05) is 0 Å². The van der Waals surface area contributed by atoms with Crippen LogP contribution in [-0.2, 0) is 10.1 Å². The number of unbranched alkanes of at least 4 members (excludes halogenated alkanes) is 1. The second-order valence-corrected chi connectivity index (χ2v) is 4.49. The van der Waals surface area contributed by atoms with Crippen molar-refractivity contribution in [3.05, 3.63) is 0 Å². The molecule has 0 aromatic rings. The van der Waals surface area contributed by atoms with E-state index in [2.05, 4.69) is 17.9 Å². The molecule has 12 heavy (non-hydrogen) atoms. The fourth-order valence-corrected chi connectivity index (χ4v) is 1.47. The zero-order valence-electron chi connectivity index (χ0n) is 6.86. The fraction of sp³-hybridized carbons (Fsp3) is 1.00. The summed E-state index contributed by atoms with van der Waals surface area (Å²) in [5, 5.41) is 3.07. The number of thiol groups is 1. The Morgan fingerprint density at radius 1 is 1.25 bits per heavy atom. The summed E-state index contributed by atoms with van der Waals surface area (Å²) < 4.78 is 28.8. The van der Waals surface area contributed by atoms with Gasteiger partial charge in [0.15, 0.2) is 0 Å². The highest BCUT2D eigenvalue weighted by molar-refractivity contribution is 7.85. The Bertz CT molecular complexity index is 191. The van der Waals surface area contributed by atoms with Crippen LogP contribution in [0.5, 0.6) is 0 Å². The van der Waals surface area contributed by atoms with Gasteiger partial charge in [0.05, 0.1) is 5.75 Å². The molecular weight excluding hydrogens is 198 g/mol. The highest BCUT2D eigenvalue weighted by Gasteiger charge is 2.02. The Kier molecular flexibility index (Phi) is 6.83. The van der Waals surface area contributed by atoms with E-state index in [4.69, 9.17) is 4.55 Å². The minimum atomic E-state index is -3.76. The van der Waals surface area contributed by atoms with E-state index in [9.17, 15) is 8.42 Å². The second kappa shape index (κ2) is 6.71. The minimum absolute atomic E-state index is 0.143. The molecule has 0 aromatic heterocycles.